The van der Waals surface area contributed by atoms with Crippen LogP contribution in [-0.4, -0.2) is 44.1 Å². The molecule has 1 unspecified atom stereocenters. The lowest BCUT2D eigenvalue weighted by atomic mass is 10.2. The third kappa shape index (κ3) is 7.66. The maximum atomic E-state index is 12.6. The van der Waals surface area contributed by atoms with E-state index in [1.54, 1.807) is 24.3 Å². The van der Waals surface area contributed by atoms with Crippen molar-refractivity contribution in [3.8, 4) is 0 Å². The summed E-state index contributed by atoms with van der Waals surface area (Å²) in [6.07, 6.45) is -1.12. The van der Waals surface area contributed by atoms with Crippen molar-refractivity contribution < 1.29 is 27.5 Å². The molecule has 1 atom stereocenters. The Kier molecular flexibility index (Phi) is 8.81. The molecule has 172 valence electrons. The molecule has 0 aliphatic heterocycles. The van der Waals surface area contributed by atoms with Crippen molar-refractivity contribution in [2.45, 2.75) is 42.7 Å². The van der Waals surface area contributed by atoms with Gasteiger partial charge in [-0.05, 0) is 57.2 Å². The van der Waals surface area contributed by atoms with E-state index < -0.39 is 28.0 Å². The Morgan fingerprint density at radius 1 is 1.03 bits per heavy atom. The fourth-order valence-electron chi connectivity index (χ4n) is 2.52. The summed E-state index contributed by atoms with van der Waals surface area (Å²) in [4.78, 5) is 37.3. The molecule has 0 fully saturated rings. The summed E-state index contributed by atoms with van der Waals surface area (Å²) in [6, 6.07) is 11.9. The smallest absolute Gasteiger partial charge is 0.340 e. The quantitative estimate of drug-likeness (QED) is 0.369. The molecule has 0 aliphatic rings. The van der Waals surface area contributed by atoms with Gasteiger partial charge in [0.2, 0.25) is 15.9 Å². The number of nitrogens with two attached hydrogens (primary N) is 1. The molecular weight excluding hydrogens is 454 g/mol. The number of amides is 2. The highest BCUT2D eigenvalue weighted by molar-refractivity contribution is 8.00. The van der Waals surface area contributed by atoms with Crippen LogP contribution in [0.1, 0.15) is 31.1 Å². The average molecular weight is 480 g/mol. The van der Waals surface area contributed by atoms with E-state index in [0.29, 0.717) is 10.6 Å². The van der Waals surface area contributed by atoms with Gasteiger partial charge in [-0.3, -0.25) is 9.59 Å². The van der Waals surface area contributed by atoms with E-state index in [9.17, 15) is 22.8 Å². The van der Waals surface area contributed by atoms with Crippen molar-refractivity contribution in [3.63, 3.8) is 0 Å². The summed E-state index contributed by atoms with van der Waals surface area (Å²) in [5.74, 6) is -1.32. The van der Waals surface area contributed by atoms with Gasteiger partial charge in [-0.1, -0.05) is 12.1 Å². The molecule has 0 aromatic heterocycles. The first-order valence-electron chi connectivity index (χ1n) is 9.63. The van der Waals surface area contributed by atoms with Gasteiger partial charge in [0, 0.05) is 16.6 Å². The predicted molar refractivity (Wildman–Crippen MR) is 122 cm³/mol. The number of anilines is 1. The van der Waals surface area contributed by atoms with Crippen LogP contribution in [0.5, 0.6) is 0 Å². The summed E-state index contributed by atoms with van der Waals surface area (Å²) in [5.41, 5.74) is 0.560. The normalized spacial score (nSPS) is 12.2. The Balaban J connectivity index is 1.99. The van der Waals surface area contributed by atoms with Gasteiger partial charge in [0.1, 0.15) is 0 Å². The Morgan fingerprint density at radius 2 is 1.66 bits per heavy atom. The molecule has 0 bridgehead atoms. The second kappa shape index (κ2) is 11.1. The van der Waals surface area contributed by atoms with Crippen LogP contribution in [0.15, 0.2) is 58.3 Å². The van der Waals surface area contributed by atoms with Gasteiger partial charge < -0.3 is 15.4 Å². The monoisotopic (exact) mass is 479 g/mol. The SMILES string of the molecule is CC(C)NC(=O)CSc1ccccc1C(=O)OC(C)C(=O)Nc1ccc(S(N)(=O)=O)cc1. The average Bonchev–Trinajstić information content (AvgIpc) is 2.71. The minimum Gasteiger partial charge on any atom is -0.449 e. The molecule has 2 aromatic carbocycles. The van der Waals surface area contributed by atoms with E-state index in [1.807, 2.05) is 13.8 Å². The van der Waals surface area contributed by atoms with E-state index in [0.717, 1.165) is 0 Å². The van der Waals surface area contributed by atoms with Crippen LogP contribution in [0.2, 0.25) is 0 Å². The molecule has 0 spiro atoms. The van der Waals surface area contributed by atoms with Crippen LogP contribution in [0.4, 0.5) is 5.69 Å². The number of nitrogens with one attached hydrogen (secondary N) is 2. The van der Waals surface area contributed by atoms with E-state index in [-0.39, 0.29) is 28.2 Å². The summed E-state index contributed by atoms with van der Waals surface area (Å²) < 4.78 is 27.9. The van der Waals surface area contributed by atoms with Gasteiger partial charge in [-0.15, -0.1) is 11.8 Å². The van der Waals surface area contributed by atoms with Crippen molar-refractivity contribution in [2.24, 2.45) is 5.14 Å². The Morgan fingerprint density at radius 3 is 2.25 bits per heavy atom. The number of ether oxygens (including phenoxy) is 1. The zero-order chi connectivity index (χ0) is 23.9. The minimum absolute atomic E-state index is 0.0126. The zero-order valence-corrected chi connectivity index (χ0v) is 19.5. The topological polar surface area (TPSA) is 145 Å². The van der Waals surface area contributed by atoms with Crippen LogP contribution in [0.3, 0.4) is 0 Å². The van der Waals surface area contributed by atoms with Gasteiger partial charge >= 0.3 is 5.97 Å². The molecule has 2 amide bonds. The maximum absolute atomic E-state index is 12.6. The Hall–Kier alpha value is -2.89. The van der Waals surface area contributed by atoms with E-state index in [4.69, 9.17) is 9.88 Å². The number of hydrogen-bond acceptors (Lipinski definition) is 7. The van der Waals surface area contributed by atoms with Crippen LogP contribution in [0, 0.1) is 0 Å². The molecule has 11 heteroatoms. The van der Waals surface area contributed by atoms with Crippen molar-refractivity contribution >= 4 is 45.3 Å². The van der Waals surface area contributed by atoms with E-state index in [2.05, 4.69) is 10.6 Å². The van der Waals surface area contributed by atoms with Crippen LogP contribution in [0.25, 0.3) is 0 Å². The minimum atomic E-state index is -3.84. The van der Waals surface area contributed by atoms with E-state index in [1.165, 1.54) is 43.0 Å². The maximum Gasteiger partial charge on any atom is 0.340 e. The predicted octanol–water partition coefficient (Wildman–Crippen LogP) is 2.13. The number of thioether (sulfide) groups is 1. The zero-order valence-electron chi connectivity index (χ0n) is 17.8. The van der Waals surface area contributed by atoms with Crippen molar-refractivity contribution in [1.29, 1.82) is 0 Å². The van der Waals surface area contributed by atoms with Crippen LogP contribution in [-0.2, 0) is 24.3 Å². The molecule has 32 heavy (non-hydrogen) atoms. The third-order valence-corrected chi connectivity index (χ3v) is 6.02. The fraction of sp³-hybridized carbons (Fsp3) is 0.286. The van der Waals surface area contributed by atoms with Gasteiger partial charge in [-0.25, -0.2) is 18.4 Å². The second-order valence-electron chi connectivity index (χ2n) is 7.11. The van der Waals surface area contributed by atoms with Gasteiger partial charge in [0.15, 0.2) is 6.10 Å². The number of hydrogen-bond donors (Lipinski definition) is 3. The third-order valence-electron chi connectivity index (χ3n) is 4.02. The first kappa shape index (κ1) is 25.4. The van der Waals surface area contributed by atoms with Gasteiger partial charge in [0.25, 0.3) is 5.91 Å². The number of carbonyl (C=O) groups excluding carboxylic acids is 3. The number of rotatable bonds is 9. The number of primary sulfonamides is 1. The molecule has 2 rings (SSSR count). The van der Waals surface area contributed by atoms with Crippen LogP contribution >= 0.6 is 11.8 Å². The van der Waals surface area contributed by atoms with Crippen molar-refractivity contribution in [2.75, 3.05) is 11.1 Å². The molecule has 0 heterocycles. The summed E-state index contributed by atoms with van der Waals surface area (Å²) in [6.45, 7) is 5.13. The van der Waals surface area contributed by atoms with Crippen LogP contribution < -0.4 is 15.8 Å². The van der Waals surface area contributed by atoms with Crippen molar-refractivity contribution in [3.05, 3.63) is 54.1 Å². The standard InChI is InChI=1S/C21H25N3O6S2/c1-13(2)23-19(25)12-31-18-7-5-4-6-17(18)21(27)30-14(3)20(26)24-15-8-10-16(11-9-15)32(22,28)29/h4-11,13-14H,12H2,1-3H3,(H,23,25)(H,24,26)(H2,22,28,29). The summed E-state index contributed by atoms with van der Waals surface area (Å²) in [7, 11) is -3.84. The molecule has 0 aliphatic carbocycles. The lowest BCUT2D eigenvalue weighted by molar-refractivity contribution is -0.123. The fourth-order valence-corrected chi connectivity index (χ4v) is 3.88. The Labute approximate surface area is 191 Å². The highest BCUT2D eigenvalue weighted by Gasteiger charge is 2.21. The summed E-state index contributed by atoms with van der Waals surface area (Å²) >= 11 is 1.19. The number of benzene rings is 2. The number of esters is 1. The van der Waals surface area contributed by atoms with E-state index >= 15 is 0 Å². The highest BCUT2D eigenvalue weighted by atomic mass is 32.2. The lowest BCUT2D eigenvalue weighted by Crippen LogP contribution is -2.31. The van der Waals surface area contributed by atoms with Gasteiger partial charge in [0.05, 0.1) is 16.2 Å². The first-order valence-corrected chi connectivity index (χ1v) is 12.2. The van der Waals surface area contributed by atoms with Crippen molar-refractivity contribution in [1.82, 2.24) is 5.32 Å². The number of sulfonamides is 1. The summed E-state index contributed by atoms with van der Waals surface area (Å²) in [5, 5.41) is 10.4. The molecule has 9 nitrogen and oxygen atoms in total. The molecule has 4 N–H and O–H groups in total. The number of carbonyl (C=O) groups is 3. The molecule has 0 radical (unpaired) electrons. The molecule has 0 saturated carbocycles. The second-order valence-corrected chi connectivity index (χ2v) is 9.69. The molecule has 2 aromatic rings. The highest BCUT2D eigenvalue weighted by Crippen LogP contribution is 2.24. The molecular formula is C21H25N3O6S2. The molecule has 0 saturated heterocycles. The Bertz CT molecular complexity index is 1080. The lowest BCUT2D eigenvalue weighted by Gasteiger charge is -2.15. The van der Waals surface area contributed by atoms with Gasteiger partial charge in [-0.2, -0.15) is 0 Å². The first-order chi connectivity index (χ1) is 15.0. The largest absolute Gasteiger partial charge is 0.449 e.